The maximum Gasteiger partial charge on any atom is 0.198 e. The summed E-state index contributed by atoms with van der Waals surface area (Å²) in [5.74, 6) is 1.16. The van der Waals surface area contributed by atoms with Crippen molar-refractivity contribution in [2.24, 2.45) is 5.41 Å². The molecule has 0 spiro atoms. The van der Waals surface area contributed by atoms with Crippen molar-refractivity contribution in [1.82, 2.24) is 4.98 Å². The van der Waals surface area contributed by atoms with Crippen molar-refractivity contribution in [2.45, 2.75) is 33.6 Å². The van der Waals surface area contributed by atoms with Gasteiger partial charge < -0.3 is 4.42 Å². The van der Waals surface area contributed by atoms with Crippen LogP contribution in [0.15, 0.2) is 28.7 Å². The fourth-order valence-corrected chi connectivity index (χ4v) is 1.45. The lowest BCUT2D eigenvalue weighted by Gasteiger charge is -2.23. The Morgan fingerprint density at radius 2 is 1.87 bits per heavy atom. The van der Waals surface area contributed by atoms with Gasteiger partial charge >= 0.3 is 0 Å². The van der Waals surface area contributed by atoms with E-state index in [0.717, 1.165) is 17.0 Å². The first-order chi connectivity index (χ1) is 6.98. The van der Waals surface area contributed by atoms with E-state index in [2.05, 4.69) is 32.7 Å². The summed E-state index contributed by atoms with van der Waals surface area (Å²) in [5.41, 5.74) is 2.01. The molecule has 0 bridgehead atoms. The molecule has 1 aromatic heterocycles. The Kier molecular flexibility index (Phi) is 2.29. The Balaban J connectivity index is 2.45. The highest BCUT2D eigenvalue weighted by Crippen LogP contribution is 2.35. The first-order valence-corrected chi connectivity index (χ1v) is 5.34. The van der Waals surface area contributed by atoms with Crippen molar-refractivity contribution in [3.05, 3.63) is 30.2 Å². The molecular weight excluding hydrogens is 186 g/mol. The standard InChI is InChI=1S/C13H17NO/c1-9(13(2,3)4)12-14-10-7-5-6-8-11(10)15-12/h5-9H,1-4H3. The van der Waals surface area contributed by atoms with Crippen molar-refractivity contribution in [1.29, 1.82) is 0 Å². The van der Waals surface area contributed by atoms with Gasteiger partial charge in [0.15, 0.2) is 11.5 Å². The topological polar surface area (TPSA) is 26.0 Å². The van der Waals surface area contributed by atoms with Gasteiger partial charge in [-0.1, -0.05) is 39.8 Å². The number of rotatable bonds is 1. The minimum atomic E-state index is 0.181. The van der Waals surface area contributed by atoms with Gasteiger partial charge in [-0.05, 0) is 17.5 Å². The fourth-order valence-electron chi connectivity index (χ4n) is 1.45. The Hall–Kier alpha value is -1.31. The maximum absolute atomic E-state index is 5.75. The van der Waals surface area contributed by atoms with Crippen molar-refractivity contribution >= 4 is 11.1 Å². The van der Waals surface area contributed by atoms with E-state index in [-0.39, 0.29) is 5.41 Å². The third kappa shape index (κ3) is 1.89. The fraction of sp³-hybridized carbons (Fsp3) is 0.462. The lowest BCUT2D eigenvalue weighted by atomic mass is 9.82. The number of aromatic nitrogens is 1. The van der Waals surface area contributed by atoms with Crippen LogP contribution in [0.1, 0.15) is 39.5 Å². The van der Waals surface area contributed by atoms with Gasteiger partial charge in [-0.2, -0.15) is 0 Å². The highest BCUT2D eigenvalue weighted by molar-refractivity contribution is 5.72. The minimum Gasteiger partial charge on any atom is -0.440 e. The van der Waals surface area contributed by atoms with Crippen LogP contribution in [0.5, 0.6) is 0 Å². The van der Waals surface area contributed by atoms with Crippen molar-refractivity contribution in [3.63, 3.8) is 0 Å². The molecule has 0 saturated heterocycles. The molecule has 1 unspecified atom stereocenters. The molecule has 0 radical (unpaired) electrons. The van der Waals surface area contributed by atoms with Gasteiger partial charge in [0.1, 0.15) is 5.52 Å². The van der Waals surface area contributed by atoms with E-state index in [4.69, 9.17) is 4.42 Å². The van der Waals surface area contributed by atoms with Crippen LogP contribution in [0.25, 0.3) is 11.1 Å². The Morgan fingerprint density at radius 3 is 2.47 bits per heavy atom. The second-order valence-corrected chi connectivity index (χ2v) is 5.11. The average Bonchev–Trinajstić information content (AvgIpc) is 2.58. The van der Waals surface area contributed by atoms with E-state index >= 15 is 0 Å². The molecule has 0 amide bonds. The molecule has 1 aromatic carbocycles. The smallest absolute Gasteiger partial charge is 0.198 e. The molecule has 2 aromatic rings. The van der Waals surface area contributed by atoms with Crippen LogP contribution in [0.3, 0.4) is 0 Å². The summed E-state index contributed by atoms with van der Waals surface area (Å²) >= 11 is 0. The van der Waals surface area contributed by atoms with Crippen molar-refractivity contribution in [2.75, 3.05) is 0 Å². The molecule has 0 aliphatic rings. The van der Waals surface area contributed by atoms with Gasteiger partial charge in [-0.15, -0.1) is 0 Å². The molecule has 80 valence electrons. The first-order valence-electron chi connectivity index (χ1n) is 5.34. The molecule has 0 aliphatic carbocycles. The molecule has 0 N–H and O–H groups in total. The summed E-state index contributed by atoms with van der Waals surface area (Å²) in [4.78, 5) is 4.51. The number of nitrogens with zero attached hydrogens (tertiary/aromatic N) is 1. The van der Waals surface area contributed by atoms with E-state index in [1.165, 1.54) is 0 Å². The Morgan fingerprint density at radius 1 is 1.20 bits per heavy atom. The van der Waals surface area contributed by atoms with E-state index in [9.17, 15) is 0 Å². The summed E-state index contributed by atoms with van der Waals surface area (Å²) < 4.78 is 5.75. The Bertz CT molecular complexity index is 432. The van der Waals surface area contributed by atoms with Crippen LogP contribution in [-0.4, -0.2) is 4.98 Å². The number of para-hydroxylation sites is 2. The summed E-state index contributed by atoms with van der Waals surface area (Å²) in [6.07, 6.45) is 0. The van der Waals surface area contributed by atoms with Gasteiger partial charge in [-0.3, -0.25) is 0 Å². The summed E-state index contributed by atoms with van der Waals surface area (Å²) in [6.45, 7) is 8.76. The third-order valence-electron chi connectivity index (χ3n) is 2.98. The first kappa shape index (κ1) is 10.2. The monoisotopic (exact) mass is 203 g/mol. The van der Waals surface area contributed by atoms with Gasteiger partial charge in [0.05, 0.1) is 0 Å². The number of hydrogen-bond acceptors (Lipinski definition) is 2. The summed E-state index contributed by atoms with van der Waals surface area (Å²) in [5, 5.41) is 0. The summed E-state index contributed by atoms with van der Waals surface area (Å²) in [7, 11) is 0. The maximum atomic E-state index is 5.75. The van der Waals surface area contributed by atoms with Gasteiger partial charge in [0, 0.05) is 5.92 Å². The third-order valence-corrected chi connectivity index (χ3v) is 2.98. The predicted molar refractivity (Wildman–Crippen MR) is 61.9 cm³/mol. The highest BCUT2D eigenvalue weighted by Gasteiger charge is 2.26. The molecule has 2 heteroatoms. The molecule has 0 fully saturated rings. The number of benzene rings is 1. The average molecular weight is 203 g/mol. The van der Waals surface area contributed by atoms with Crippen LogP contribution in [0.2, 0.25) is 0 Å². The normalized spacial score (nSPS) is 14.4. The van der Waals surface area contributed by atoms with Crippen molar-refractivity contribution < 1.29 is 4.42 Å². The second-order valence-electron chi connectivity index (χ2n) is 5.11. The number of oxazole rings is 1. The zero-order chi connectivity index (χ0) is 11.1. The zero-order valence-electron chi connectivity index (χ0n) is 9.74. The summed E-state index contributed by atoms with van der Waals surface area (Å²) in [6, 6.07) is 7.90. The molecule has 0 aliphatic heterocycles. The molecule has 15 heavy (non-hydrogen) atoms. The van der Waals surface area contributed by atoms with E-state index in [0.29, 0.717) is 5.92 Å². The predicted octanol–water partition coefficient (Wildman–Crippen LogP) is 3.98. The zero-order valence-corrected chi connectivity index (χ0v) is 9.74. The number of hydrogen-bond donors (Lipinski definition) is 0. The molecule has 2 nitrogen and oxygen atoms in total. The molecule has 1 atom stereocenters. The van der Waals surface area contributed by atoms with E-state index in [1.54, 1.807) is 0 Å². The van der Waals surface area contributed by atoms with Crippen molar-refractivity contribution in [3.8, 4) is 0 Å². The van der Waals surface area contributed by atoms with Gasteiger partial charge in [0.2, 0.25) is 0 Å². The SMILES string of the molecule is CC(c1nc2ccccc2o1)C(C)(C)C. The molecular formula is C13H17NO. The van der Waals surface area contributed by atoms with Gasteiger partial charge in [-0.25, -0.2) is 4.98 Å². The van der Waals surface area contributed by atoms with Crippen LogP contribution < -0.4 is 0 Å². The van der Waals surface area contributed by atoms with Gasteiger partial charge in [0.25, 0.3) is 0 Å². The largest absolute Gasteiger partial charge is 0.440 e. The van der Waals surface area contributed by atoms with E-state index in [1.807, 2.05) is 24.3 Å². The lowest BCUT2D eigenvalue weighted by molar-refractivity contribution is 0.293. The van der Waals surface area contributed by atoms with Crippen LogP contribution in [-0.2, 0) is 0 Å². The highest BCUT2D eigenvalue weighted by atomic mass is 16.3. The minimum absolute atomic E-state index is 0.181. The second kappa shape index (κ2) is 3.37. The lowest BCUT2D eigenvalue weighted by Crippen LogP contribution is -2.15. The Labute approximate surface area is 90.3 Å². The van der Waals surface area contributed by atoms with Crippen LogP contribution in [0.4, 0.5) is 0 Å². The molecule has 0 saturated carbocycles. The number of fused-ring (bicyclic) bond motifs is 1. The molecule has 2 rings (SSSR count). The quantitative estimate of drug-likeness (QED) is 0.700. The van der Waals surface area contributed by atoms with E-state index < -0.39 is 0 Å². The molecule has 1 heterocycles. The van der Waals surface area contributed by atoms with Crippen LogP contribution in [0, 0.1) is 5.41 Å². The van der Waals surface area contributed by atoms with Crippen LogP contribution >= 0.6 is 0 Å².